The number of nitrogens with zero attached hydrogens (tertiary/aromatic N) is 1. The van der Waals surface area contributed by atoms with Crippen LogP contribution in [-0.2, 0) is 0 Å². The molecule has 0 saturated heterocycles. The fourth-order valence-corrected chi connectivity index (χ4v) is 1.23. The second kappa shape index (κ2) is 4.68. The van der Waals surface area contributed by atoms with Gasteiger partial charge < -0.3 is 10.3 Å². The summed E-state index contributed by atoms with van der Waals surface area (Å²) >= 11 is 0. The van der Waals surface area contributed by atoms with Crippen molar-refractivity contribution in [1.29, 1.82) is 0 Å². The predicted octanol–water partition coefficient (Wildman–Crippen LogP) is 2.17. The summed E-state index contributed by atoms with van der Waals surface area (Å²) in [5.74, 6) is 1.80. The lowest BCUT2D eigenvalue weighted by atomic mass is 9.82. The number of hydrogen-bond acceptors (Lipinski definition) is 3. The van der Waals surface area contributed by atoms with Gasteiger partial charge in [-0.25, -0.2) is 4.98 Å². The van der Waals surface area contributed by atoms with Crippen LogP contribution in [0, 0.1) is 18.3 Å². The molecule has 0 radical (unpaired) electrons. The van der Waals surface area contributed by atoms with Crippen LogP contribution in [0.5, 0.6) is 0 Å². The van der Waals surface area contributed by atoms with Gasteiger partial charge in [0.25, 0.3) is 5.56 Å². The van der Waals surface area contributed by atoms with Gasteiger partial charge in [-0.3, -0.25) is 4.79 Å². The molecule has 1 rings (SSSR count). The molecule has 0 amide bonds. The summed E-state index contributed by atoms with van der Waals surface area (Å²) in [4.78, 5) is 18.1. The summed E-state index contributed by atoms with van der Waals surface area (Å²) in [6.07, 6.45) is 0. The maximum absolute atomic E-state index is 11.2. The molecule has 4 heteroatoms. The Morgan fingerprint density at radius 3 is 2.62 bits per heavy atom. The fourth-order valence-electron chi connectivity index (χ4n) is 1.23. The highest BCUT2D eigenvalue weighted by Gasteiger charge is 2.19. The van der Waals surface area contributed by atoms with E-state index in [1.54, 1.807) is 6.92 Å². The fraction of sp³-hybridized carbons (Fsp3) is 0.667. The Hall–Kier alpha value is -1.32. The Balaban J connectivity index is 2.65. The van der Waals surface area contributed by atoms with Gasteiger partial charge in [-0.1, -0.05) is 27.7 Å². The molecular formula is C12H21N3O. The van der Waals surface area contributed by atoms with Crippen molar-refractivity contribution in [2.24, 2.45) is 11.3 Å². The molecule has 2 N–H and O–H groups in total. The molecule has 1 aromatic heterocycles. The van der Waals surface area contributed by atoms with E-state index in [1.807, 2.05) is 0 Å². The van der Waals surface area contributed by atoms with E-state index in [9.17, 15) is 4.79 Å². The smallest absolute Gasteiger partial charge is 0.252 e. The van der Waals surface area contributed by atoms with Crippen molar-refractivity contribution >= 4 is 5.82 Å². The third-order valence-electron chi connectivity index (χ3n) is 2.93. The zero-order chi connectivity index (χ0) is 12.3. The van der Waals surface area contributed by atoms with Crippen LogP contribution in [0.4, 0.5) is 5.82 Å². The summed E-state index contributed by atoms with van der Waals surface area (Å²) in [5.41, 5.74) is 0.141. The molecule has 0 fully saturated rings. The molecule has 1 unspecified atom stereocenters. The SMILES string of the molecule is Cc1nc(NCC(C)C(C)(C)C)cc(=O)[nH]1. The Kier molecular flexibility index (Phi) is 3.73. The van der Waals surface area contributed by atoms with Crippen LogP contribution < -0.4 is 10.9 Å². The molecule has 4 nitrogen and oxygen atoms in total. The highest BCUT2D eigenvalue weighted by atomic mass is 16.1. The van der Waals surface area contributed by atoms with Crippen molar-refractivity contribution in [3.05, 3.63) is 22.2 Å². The number of hydrogen-bond donors (Lipinski definition) is 2. The number of H-pyrrole nitrogens is 1. The van der Waals surface area contributed by atoms with Crippen LogP contribution in [-0.4, -0.2) is 16.5 Å². The van der Waals surface area contributed by atoms with Gasteiger partial charge in [-0.2, -0.15) is 0 Å². The molecule has 0 bridgehead atoms. The van der Waals surface area contributed by atoms with Crippen LogP contribution in [0.1, 0.15) is 33.5 Å². The number of rotatable bonds is 3. The summed E-state index contributed by atoms with van der Waals surface area (Å²) in [7, 11) is 0. The molecule has 0 aliphatic carbocycles. The monoisotopic (exact) mass is 223 g/mol. The van der Waals surface area contributed by atoms with E-state index in [2.05, 4.69) is 43.0 Å². The van der Waals surface area contributed by atoms with E-state index in [4.69, 9.17) is 0 Å². The Morgan fingerprint density at radius 2 is 2.12 bits per heavy atom. The normalized spacial score (nSPS) is 13.6. The first-order valence-electron chi connectivity index (χ1n) is 5.61. The molecule has 0 spiro atoms. The number of nitrogens with one attached hydrogen (secondary N) is 2. The average molecular weight is 223 g/mol. The predicted molar refractivity (Wildman–Crippen MR) is 66.7 cm³/mol. The topological polar surface area (TPSA) is 57.8 Å². The Morgan fingerprint density at radius 1 is 1.50 bits per heavy atom. The average Bonchev–Trinajstić information content (AvgIpc) is 2.11. The van der Waals surface area contributed by atoms with Crippen molar-refractivity contribution < 1.29 is 0 Å². The van der Waals surface area contributed by atoms with E-state index < -0.39 is 0 Å². The zero-order valence-corrected chi connectivity index (χ0v) is 10.7. The van der Waals surface area contributed by atoms with Gasteiger partial charge in [0, 0.05) is 12.6 Å². The molecule has 0 aliphatic rings. The lowest BCUT2D eigenvalue weighted by Crippen LogP contribution is -2.25. The Labute approximate surface area is 96.5 Å². The number of aromatic nitrogens is 2. The van der Waals surface area contributed by atoms with Gasteiger partial charge in [0.05, 0.1) is 0 Å². The van der Waals surface area contributed by atoms with Gasteiger partial charge in [0.15, 0.2) is 0 Å². The van der Waals surface area contributed by atoms with E-state index in [1.165, 1.54) is 6.07 Å². The van der Waals surface area contributed by atoms with Crippen LogP contribution in [0.25, 0.3) is 0 Å². The van der Waals surface area contributed by atoms with Crippen molar-refractivity contribution in [3.8, 4) is 0 Å². The van der Waals surface area contributed by atoms with Gasteiger partial charge in [-0.05, 0) is 18.3 Å². The van der Waals surface area contributed by atoms with Crippen LogP contribution >= 0.6 is 0 Å². The first-order valence-corrected chi connectivity index (χ1v) is 5.61. The Bertz CT molecular complexity index is 403. The maximum Gasteiger partial charge on any atom is 0.252 e. The molecule has 0 saturated carbocycles. The quantitative estimate of drug-likeness (QED) is 0.825. The van der Waals surface area contributed by atoms with E-state index in [-0.39, 0.29) is 11.0 Å². The summed E-state index contributed by atoms with van der Waals surface area (Å²) < 4.78 is 0. The summed E-state index contributed by atoms with van der Waals surface area (Å²) in [6.45, 7) is 11.4. The van der Waals surface area contributed by atoms with Crippen LogP contribution in [0.3, 0.4) is 0 Å². The minimum atomic E-state index is -0.113. The third-order valence-corrected chi connectivity index (χ3v) is 2.93. The summed E-state index contributed by atoms with van der Waals surface area (Å²) in [6, 6.07) is 1.49. The van der Waals surface area contributed by atoms with Gasteiger partial charge in [-0.15, -0.1) is 0 Å². The standard InChI is InChI=1S/C12H21N3O/c1-8(12(3,4)5)7-13-10-6-11(16)15-9(2)14-10/h6,8H,7H2,1-5H3,(H2,13,14,15,16). The van der Waals surface area contributed by atoms with Crippen molar-refractivity contribution in [2.45, 2.75) is 34.6 Å². The van der Waals surface area contributed by atoms with Crippen molar-refractivity contribution in [2.75, 3.05) is 11.9 Å². The minimum absolute atomic E-state index is 0.113. The van der Waals surface area contributed by atoms with Crippen LogP contribution in [0.2, 0.25) is 0 Å². The summed E-state index contributed by atoms with van der Waals surface area (Å²) in [5, 5.41) is 3.20. The molecule has 0 aliphatic heterocycles. The van der Waals surface area contributed by atoms with E-state index in [0.29, 0.717) is 17.6 Å². The number of aromatic amines is 1. The molecule has 1 atom stereocenters. The maximum atomic E-state index is 11.2. The van der Waals surface area contributed by atoms with E-state index >= 15 is 0 Å². The van der Waals surface area contributed by atoms with Crippen LogP contribution in [0.15, 0.2) is 10.9 Å². The van der Waals surface area contributed by atoms with Gasteiger partial charge in [0.2, 0.25) is 0 Å². The molecule has 1 aromatic rings. The zero-order valence-electron chi connectivity index (χ0n) is 10.7. The lowest BCUT2D eigenvalue weighted by Gasteiger charge is -2.27. The number of aryl methyl sites for hydroxylation is 1. The molecule has 90 valence electrons. The van der Waals surface area contributed by atoms with Gasteiger partial charge in [0.1, 0.15) is 11.6 Å². The lowest BCUT2D eigenvalue weighted by molar-refractivity contribution is 0.274. The largest absolute Gasteiger partial charge is 0.370 e. The minimum Gasteiger partial charge on any atom is -0.370 e. The molecule has 0 aromatic carbocycles. The first kappa shape index (κ1) is 12.7. The number of anilines is 1. The third kappa shape index (κ3) is 3.68. The highest BCUT2D eigenvalue weighted by molar-refractivity contribution is 5.32. The highest BCUT2D eigenvalue weighted by Crippen LogP contribution is 2.25. The molecule has 1 heterocycles. The second-order valence-electron chi connectivity index (χ2n) is 5.36. The second-order valence-corrected chi connectivity index (χ2v) is 5.36. The van der Waals surface area contributed by atoms with Gasteiger partial charge >= 0.3 is 0 Å². The van der Waals surface area contributed by atoms with Crippen molar-refractivity contribution in [3.63, 3.8) is 0 Å². The first-order chi connectivity index (χ1) is 7.29. The molecule has 16 heavy (non-hydrogen) atoms. The molecular weight excluding hydrogens is 202 g/mol. The van der Waals surface area contributed by atoms with Crippen molar-refractivity contribution in [1.82, 2.24) is 9.97 Å². The van der Waals surface area contributed by atoms with E-state index in [0.717, 1.165) is 6.54 Å².